The van der Waals surface area contributed by atoms with Crippen molar-refractivity contribution >= 4 is 12.4 Å². The number of hydrogen-bond acceptors (Lipinski definition) is 3. The van der Waals surface area contributed by atoms with Gasteiger partial charge >= 0.3 is 0 Å². The third kappa shape index (κ3) is 3.97. The van der Waals surface area contributed by atoms with Gasteiger partial charge in [-0.05, 0) is 64.5 Å². The zero-order valence-electron chi connectivity index (χ0n) is 14.6. The average molecular weight is 353 g/mol. The van der Waals surface area contributed by atoms with Crippen molar-refractivity contribution in [1.82, 2.24) is 20.0 Å². The number of aryl methyl sites for hydroxylation is 1. The minimum atomic E-state index is -0.220. The average Bonchev–Trinajstić information content (AvgIpc) is 2.84. The molecule has 0 spiro atoms. The van der Waals surface area contributed by atoms with Crippen LogP contribution in [0.5, 0.6) is 0 Å². The Bertz CT molecular complexity index is 668. The number of aromatic nitrogens is 2. The monoisotopic (exact) mass is 352 g/mol. The molecule has 1 fully saturated rings. The van der Waals surface area contributed by atoms with E-state index in [1.807, 2.05) is 11.7 Å². The molecule has 1 aromatic carbocycles. The van der Waals surface area contributed by atoms with Crippen LogP contribution in [0.4, 0.5) is 4.39 Å². The van der Waals surface area contributed by atoms with Crippen LogP contribution in [0.2, 0.25) is 0 Å². The Labute approximate surface area is 149 Å². The third-order valence-electron chi connectivity index (χ3n) is 4.81. The van der Waals surface area contributed by atoms with Gasteiger partial charge in [0.25, 0.3) is 0 Å². The highest BCUT2D eigenvalue weighted by Gasteiger charge is 2.21. The fourth-order valence-corrected chi connectivity index (χ4v) is 3.40. The van der Waals surface area contributed by atoms with E-state index in [9.17, 15) is 4.39 Å². The molecule has 1 aliphatic heterocycles. The van der Waals surface area contributed by atoms with Gasteiger partial charge in [0.05, 0.1) is 11.4 Å². The topological polar surface area (TPSA) is 33.1 Å². The molecule has 0 radical (unpaired) electrons. The highest BCUT2D eigenvalue weighted by molar-refractivity contribution is 5.85. The summed E-state index contributed by atoms with van der Waals surface area (Å²) in [6, 6.07) is 7.09. The first-order valence-corrected chi connectivity index (χ1v) is 8.29. The molecule has 0 saturated carbocycles. The summed E-state index contributed by atoms with van der Waals surface area (Å²) in [5, 5.41) is 8.05. The number of likely N-dealkylation sites (N-methyl/N-ethyl adjacent to an activating group) is 1. The van der Waals surface area contributed by atoms with Gasteiger partial charge in [-0.15, -0.1) is 12.4 Å². The molecule has 2 heterocycles. The van der Waals surface area contributed by atoms with Crippen LogP contribution in [-0.2, 0) is 6.54 Å². The van der Waals surface area contributed by atoms with Crippen molar-refractivity contribution in [3.63, 3.8) is 0 Å². The Hall–Kier alpha value is -1.43. The van der Waals surface area contributed by atoms with E-state index in [2.05, 4.69) is 29.2 Å². The first-order chi connectivity index (χ1) is 11.1. The number of rotatable bonds is 4. The van der Waals surface area contributed by atoms with Gasteiger partial charge in [0.1, 0.15) is 5.82 Å². The molecular weight excluding hydrogens is 327 g/mol. The van der Waals surface area contributed by atoms with Gasteiger partial charge in [0.2, 0.25) is 0 Å². The maximum atomic E-state index is 13.1. The van der Waals surface area contributed by atoms with E-state index in [0.29, 0.717) is 6.04 Å². The van der Waals surface area contributed by atoms with E-state index in [0.717, 1.165) is 36.7 Å². The number of halogens is 2. The SMILES string of the molecule is CNC1CCCN(Cc2c(C)nn(-c3ccc(F)cc3)c2C)C1.Cl. The van der Waals surface area contributed by atoms with E-state index >= 15 is 0 Å². The van der Waals surface area contributed by atoms with Crippen molar-refractivity contribution in [3.05, 3.63) is 47.0 Å². The molecular formula is C18H26ClFN4. The highest BCUT2D eigenvalue weighted by atomic mass is 35.5. The molecule has 132 valence electrons. The predicted molar refractivity (Wildman–Crippen MR) is 97.6 cm³/mol. The second-order valence-electron chi connectivity index (χ2n) is 6.40. The van der Waals surface area contributed by atoms with Gasteiger partial charge < -0.3 is 5.32 Å². The summed E-state index contributed by atoms with van der Waals surface area (Å²) in [5.41, 5.74) is 4.38. The Balaban J connectivity index is 0.00000208. The summed E-state index contributed by atoms with van der Waals surface area (Å²) in [4.78, 5) is 2.50. The Morgan fingerprint density at radius 3 is 2.62 bits per heavy atom. The zero-order chi connectivity index (χ0) is 16.4. The quantitative estimate of drug-likeness (QED) is 0.917. The molecule has 1 aromatic heterocycles. The minimum Gasteiger partial charge on any atom is -0.316 e. The molecule has 4 nitrogen and oxygen atoms in total. The molecule has 0 bridgehead atoms. The lowest BCUT2D eigenvalue weighted by molar-refractivity contribution is 0.187. The van der Waals surface area contributed by atoms with Gasteiger partial charge in [0, 0.05) is 30.4 Å². The fraction of sp³-hybridized carbons (Fsp3) is 0.500. The predicted octanol–water partition coefficient (Wildman–Crippen LogP) is 3.23. The van der Waals surface area contributed by atoms with Crippen LogP contribution in [0.15, 0.2) is 24.3 Å². The van der Waals surface area contributed by atoms with Crippen molar-refractivity contribution in [2.75, 3.05) is 20.1 Å². The molecule has 1 unspecified atom stereocenters. The first-order valence-electron chi connectivity index (χ1n) is 8.29. The summed E-state index contributed by atoms with van der Waals surface area (Å²) in [6.45, 7) is 7.30. The Morgan fingerprint density at radius 1 is 1.25 bits per heavy atom. The molecule has 2 aromatic rings. The Kier molecular flexibility index (Phi) is 6.38. The van der Waals surface area contributed by atoms with Crippen molar-refractivity contribution in [1.29, 1.82) is 0 Å². The van der Waals surface area contributed by atoms with Crippen LogP contribution in [0, 0.1) is 19.7 Å². The van der Waals surface area contributed by atoms with Crippen LogP contribution in [0.25, 0.3) is 5.69 Å². The highest BCUT2D eigenvalue weighted by Crippen LogP contribution is 2.21. The summed E-state index contributed by atoms with van der Waals surface area (Å²) in [6.07, 6.45) is 2.48. The molecule has 24 heavy (non-hydrogen) atoms. The van der Waals surface area contributed by atoms with Crippen molar-refractivity contribution in [3.8, 4) is 5.69 Å². The maximum Gasteiger partial charge on any atom is 0.123 e. The van der Waals surface area contributed by atoms with Gasteiger partial charge in [0.15, 0.2) is 0 Å². The van der Waals surface area contributed by atoms with Crippen LogP contribution in [-0.4, -0.2) is 40.9 Å². The molecule has 3 rings (SSSR count). The van der Waals surface area contributed by atoms with Crippen LogP contribution < -0.4 is 5.32 Å². The molecule has 1 saturated heterocycles. The Morgan fingerprint density at radius 2 is 1.96 bits per heavy atom. The lowest BCUT2D eigenvalue weighted by Gasteiger charge is -2.32. The van der Waals surface area contributed by atoms with Gasteiger partial charge in [-0.2, -0.15) is 5.10 Å². The van der Waals surface area contributed by atoms with Crippen molar-refractivity contribution in [2.24, 2.45) is 0 Å². The first kappa shape index (κ1) is 18.9. The number of hydrogen-bond donors (Lipinski definition) is 1. The largest absolute Gasteiger partial charge is 0.316 e. The van der Waals surface area contributed by atoms with Crippen molar-refractivity contribution in [2.45, 2.75) is 39.3 Å². The number of piperidine rings is 1. The van der Waals surface area contributed by atoms with Crippen LogP contribution in [0.1, 0.15) is 29.8 Å². The van der Waals surface area contributed by atoms with Crippen molar-refractivity contribution < 1.29 is 4.39 Å². The third-order valence-corrected chi connectivity index (χ3v) is 4.81. The standard InChI is InChI=1S/C18H25FN4.ClH/c1-13-18(12-22-10-4-5-16(11-22)20-3)14(2)23(21-13)17-8-6-15(19)7-9-17;/h6-9,16,20H,4-5,10-12H2,1-3H3;1H. The molecule has 1 atom stereocenters. The zero-order valence-corrected chi connectivity index (χ0v) is 15.4. The van der Waals surface area contributed by atoms with Gasteiger partial charge in [-0.1, -0.05) is 0 Å². The molecule has 0 amide bonds. The van der Waals surface area contributed by atoms with Crippen LogP contribution in [0.3, 0.4) is 0 Å². The smallest absolute Gasteiger partial charge is 0.123 e. The van der Waals surface area contributed by atoms with Crippen LogP contribution >= 0.6 is 12.4 Å². The van der Waals surface area contributed by atoms with Gasteiger partial charge in [-0.3, -0.25) is 4.90 Å². The summed E-state index contributed by atoms with van der Waals surface area (Å²) in [5.74, 6) is -0.220. The summed E-state index contributed by atoms with van der Waals surface area (Å²) < 4.78 is 15.0. The lowest BCUT2D eigenvalue weighted by atomic mass is 10.0. The second-order valence-corrected chi connectivity index (χ2v) is 6.40. The maximum absolute atomic E-state index is 13.1. The summed E-state index contributed by atoms with van der Waals surface area (Å²) >= 11 is 0. The van der Waals surface area contributed by atoms with Gasteiger partial charge in [-0.25, -0.2) is 9.07 Å². The van der Waals surface area contributed by atoms with E-state index < -0.39 is 0 Å². The molecule has 1 aliphatic rings. The minimum absolute atomic E-state index is 0. The number of nitrogens with one attached hydrogen (secondary N) is 1. The normalized spacial score (nSPS) is 18.4. The lowest BCUT2D eigenvalue weighted by Crippen LogP contribution is -2.44. The van der Waals surface area contributed by atoms with E-state index in [1.165, 1.54) is 30.5 Å². The molecule has 6 heteroatoms. The number of likely N-dealkylation sites (tertiary alicyclic amines) is 1. The van der Waals surface area contributed by atoms with E-state index in [1.54, 1.807) is 12.1 Å². The van der Waals surface area contributed by atoms with E-state index in [4.69, 9.17) is 0 Å². The number of benzene rings is 1. The number of nitrogens with zero attached hydrogens (tertiary/aromatic N) is 3. The second kappa shape index (κ2) is 8.10. The van der Waals surface area contributed by atoms with E-state index in [-0.39, 0.29) is 18.2 Å². The molecule has 0 aliphatic carbocycles. The molecule has 1 N–H and O–H groups in total. The summed E-state index contributed by atoms with van der Waals surface area (Å²) in [7, 11) is 2.04. The fourth-order valence-electron chi connectivity index (χ4n) is 3.40.